The number of aromatic nitrogens is 8. The molecule has 9 fully saturated rings. The molecule has 0 spiro atoms. The number of nitrogens with one attached hydrogen (secondary N) is 1. The minimum atomic E-state index is 0.646. The summed E-state index contributed by atoms with van der Waals surface area (Å²) in [6, 6.07) is 39.4. The van der Waals surface area contributed by atoms with Gasteiger partial charge in [-0.2, -0.15) is 0 Å². The molecule has 22 nitrogen and oxygen atoms in total. The van der Waals surface area contributed by atoms with Gasteiger partial charge in [-0.05, 0) is 260 Å². The summed E-state index contributed by atoms with van der Waals surface area (Å²) in [5.74, 6) is 4.77. The molecule has 0 radical (unpaired) electrons. The van der Waals surface area contributed by atoms with Crippen LogP contribution in [0.1, 0.15) is 162 Å². The molecule has 8 aromatic rings. The van der Waals surface area contributed by atoms with Crippen LogP contribution < -0.4 is 39.6 Å². The first-order valence-corrected chi connectivity index (χ1v) is 47.9. The molecule has 1 N–H and O–H groups in total. The number of aryl methyl sites for hydroxylation is 8. The van der Waals surface area contributed by atoms with Gasteiger partial charge in [0.1, 0.15) is 17.5 Å². The summed E-state index contributed by atoms with van der Waals surface area (Å²) >= 11 is 0. The standard InChI is InChI=1S/C15H22N2.C15H24N2.C14H20N2.C13H22N4.C13H20N2.C11H18N4.C11H15N3.C11H17N3/c1-13-3-5-14(6-4-13)16-9-2-10-17(12-11-16)15-7-8-15;1-13(2)16-9-4-10-17(12-11-16)15-7-5-14(3)6-8-15;1-11-4-6-13(7-5-11)16-9-12-3-2-8-15-14(12)10-16;1-4-16(5-2)12-6-7-17(10-12)13-9-14-11(3)8-15-13;1-12-4-6-13(7-5-12)15-9-3-8-14(2)10-11-15;1-9-6-13-11(7-12-9)15-5-4-10(8-15)14(2)3;1-9-7-13-11(8-12-9)10-3-5-14(2)6-4-10;1-3-10-4-5-14(8-10)11-7-12-9(2)6-13-11/h3-6,15H,2,7-12H2,1H3;5-8,13H,4,9-12H2,1-3H3;4-7,12,14-15H,2-3,8-10H2,1H3;8-9,12H,4-7,10H2,1-3H3;4-7H,3,8-11H2,1-2H3;6-7,10H,4-5,8H2,1-3H3;3,7-8H,4-6H2,1-2H3;6-7,10H,3-5,8H2,1-2H3. The molecule has 5 unspecified atom stereocenters. The van der Waals surface area contributed by atoms with Crippen molar-refractivity contribution in [3.05, 3.63) is 203 Å². The van der Waals surface area contributed by atoms with Crippen LogP contribution in [0.5, 0.6) is 0 Å². The number of likely N-dealkylation sites (N-methyl/N-ethyl adjacent to an activating group) is 4. The lowest BCUT2D eigenvalue weighted by Gasteiger charge is -2.26. The monoisotopic (exact) mass is 1700 g/mol. The van der Waals surface area contributed by atoms with Crippen LogP contribution >= 0.6 is 0 Å². The lowest BCUT2D eigenvalue weighted by Crippen LogP contribution is -2.40. The Morgan fingerprint density at radius 1 is 0.384 bits per heavy atom. The van der Waals surface area contributed by atoms with Crippen molar-refractivity contribution < 1.29 is 0 Å². The third-order valence-electron chi connectivity index (χ3n) is 26.8. The Balaban J connectivity index is 0.000000139. The van der Waals surface area contributed by atoms with Crippen molar-refractivity contribution in [3.63, 3.8) is 0 Å². The summed E-state index contributed by atoms with van der Waals surface area (Å²) < 4.78 is 0. The van der Waals surface area contributed by atoms with Gasteiger partial charge in [-0.3, -0.25) is 39.6 Å². The van der Waals surface area contributed by atoms with Crippen molar-refractivity contribution in [1.82, 2.24) is 74.6 Å². The predicted octanol–water partition coefficient (Wildman–Crippen LogP) is 16.1. The maximum Gasteiger partial charge on any atom is 0.147 e. The van der Waals surface area contributed by atoms with Crippen LogP contribution in [0.4, 0.5) is 40.2 Å². The van der Waals surface area contributed by atoms with E-state index in [2.05, 4.69) is 303 Å². The number of hydrogen-bond donors (Lipinski definition) is 1. The molecule has 4 aromatic carbocycles. The highest BCUT2D eigenvalue weighted by Crippen LogP contribution is 2.32. The van der Waals surface area contributed by atoms with Crippen molar-refractivity contribution in [3.8, 4) is 0 Å². The number of piperidine rings is 1. The SMILES string of the molecule is CCC1CCN(c2cnc(C)cn2)C1.CCN(CC)C1CCN(c2cnc(C)cn2)C1.Cc1ccc(N2CC3CCCNC3C2)cc1.Cc1ccc(N2CCCN(C(C)C)CC2)cc1.Cc1ccc(N2CCCN(C)CC2)cc1.Cc1ccc(N2CCCN(C3CC3)CC2)cc1.Cc1cnc(C2=CCN(C)CC2)cn1.Cc1cnc(N2CCC(N(C)C)C2)cn1. The van der Waals surface area contributed by atoms with Crippen LogP contribution in [0.2, 0.25) is 0 Å². The highest BCUT2D eigenvalue weighted by molar-refractivity contribution is 5.63. The molecule has 8 saturated heterocycles. The summed E-state index contributed by atoms with van der Waals surface area (Å²) in [7, 11) is 8.61. The minimum absolute atomic E-state index is 0.646. The maximum atomic E-state index is 4.45. The van der Waals surface area contributed by atoms with Crippen molar-refractivity contribution in [1.29, 1.82) is 0 Å². The second-order valence-corrected chi connectivity index (χ2v) is 37.2. The molecule has 680 valence electrons. The Morgan fingerprint density at radius 3 is 1.27 bits per heavy atom. The van der Waals surface area contributed by atoms with Gasteiger partial charge in [0.15, 0.2) is 0 Å². The third-order valence-corrected chi connectivity index (χ3v) is 26.8. The van der Waals surface area contributed by atoms with Gasteiger partial charge in [-0.1, -0.05) is 104 Å². The number of benzene rings is 4. The largest absolute Gasteiger partial charge is 0.370 e. The average molecular weight is 1700 g/mol. The molecular weight excluding hydrogens is 1550 g/mol. The van der Waals surface area contributed by atoms with E-state index >= 15 is 0 Å². The van der Waals surface area contributed by atoms with E-state index in [1.807, 2.05) is 77.3 Å². The topological polar surface area (TPSA) is 157 Å². The molecule has 18 rings (SSSR count). The van der Waals surface area contributed by atoms with E-state index in [0.717, 1.165) is 155 Å². The smallest absolute Gasteiger partial charge is 0.147 e. The molecule has 5 atom stereocenters. The Labute approximate surface area is 754 Å². The number of rotatable bonds is 15. The van der Waals surface area contributed by atoms with Gasteiger partial charge in [-0.15, -0.1) is 0 Å². The molecule has 22 heteroatoms. The van der Waals surface area contributed by atoms with Gasteiger partial charge in [0.25, 0.3) is 0 Å². The van der Waals surface area contributed by atoms with E-state index < -0.39 is 0 Å². The van der Waals surface area contributed by atoms with E-state index in [1.54, 1.807) is 0 Å². The molecule has 0 bridgehead atoms. The van der Waals surface area contributed by atoms with Gasteiger partial charge in [-0.25, -0.2) is 15.0 Å². The molecule has 4 aromatic heterocycles. The van der Waals surface area contributed by atoms with E-state index in [4.69, 9.17) is 0 Å². The number of hydrogen-bond acceptors (Lipinski definition) is 22. The fraction of sp³-hybridized carbons (Fsp3) is 0.592. The summed E-state index contributed by atoms with van der Waals surface area (Å²) in [4.78, 5) is 66.6. The van der Waals surface area contributed by atoms with Crippen LogP contribution in [-0.2, 0) is 0 Å². The Hall–Kier alpha value is -8.74. The van der Waals surface area contributed by atoms with E-state index in [1.165, 1.54) is 206 Å². The third kappa shape index (κ3) is 31.3. The highest BCUT2D eigenvalue weighted by atomic mass is 15.3. The van der Waals surface area contributed by atoms with E-state index in [0.29, 0.717) is 18.1 Å². The molecule has 0 amide bonds. The molecule has 9 aliphatic heterocycles. The Kier molecular flexibility index (Phi) is 38.9. The first kappa shape index (κ1) is 96.9. The Morgan fingerprint density at radius 2 is 0.840 bits per heavy atom. The van der Waals surface area contributed by atoms with Crippen LogP contribution in [0.3, 0.4) is 0 Å². The van der Waals surface area contributed by atoms with Gasteiger partial charge in [0.2, 0.25) is 0 Å². The molecular formula is C103H158N22. The first-order chi connectivity index (χ1) is 60.5. The number of anilines is 7. The molecule has 1 saturated carbocycles. The fourth-order valence-electron chi connectivity index (χ4n) is 18.2. The van der Waals surface area contributed by atoms with Crippen LogP contribution in [0.15, 0.2) is 153 Å². The zero-order chi connectivity index (χ0) is 88.6. The second kappa shape index (κ2) is 50.1. The van der Waals surface area contributed by atoms with Crippen molar-refractivity contribution in [2.45, 2.75) is 197 Å². The zero-order valence-corrected chi connectivity index (χ0v) is 80.0. The summed E-state index contributed by atoms with van der Waals surface area (Å²) in [6.45, 7) is 56.9. The quantitative estimate of drug-likeness (QED) is 0.103. The maximum absolute atomic E-state index is 4.45. The second-order valence-electron chi connectivity index (χ2n) is 37.2. The zero-order valence-electron chi connectivity index (χ0n) is 80.0. The minimum Gasteiger partial charge on any atom is -0.370 e. The van der Waals surface area contributed by atoms with Crippen molar-refractivity contribution >= 4 is 45.8 Å². The lowest BCUT2D eigenvalue weighted by molar-refractivity contribution is 0.232. The molecule has 13 heterocycles. The van der Waals surface area contributed by atoms with Crippen LogP contribution in [-0.4, -0.2) is 291 Å². The summed E-state index contributed by atoms with van der Waals surface area (Å²) in [5, 5.41) is 3.65. The average Bonchev–Trinajstić information content (AvgIpc) is 1.69. The van der Waals surface area contributed by atoms with Crippen LogP contribution in [0, 0.1) is 67.2 Å². The van der Waals surface area contributed by atoms with Gasteiger partial charge in [0.05, 0.1) is 71.8 Å². The van der Waals surface area contributed by atoms with E-state index in [-0.39, 0.29) is 0 Å². The first-order valence-electron chi connectivity index (χ1n) is 47.9. The molecule has 10 aliphatic rings. The fourth-order valence-corrected chi connectivity index (χ4v) is 18.2. The highest BCUT2D eigenvalue weighted by Gasteiger charge is 2.35. The Bertz CT molecular complexity index is 4270. The summed E-state index contributed by atoms with van der Waals surface area (Å²) in [5.41, 5.74) is 17.2. The predicted molar refractivity (Wildman–Crippen MR) is 526 cm³/mol. The van der Waals surface area contributed by atoms with Crippen molar-refractivity contribution in [2.75, 3.05) is 226 Å². The molecule has 1 aliphatic carbocycles. The summed E-state index contributed by atoms with van der Waals surface area (Å²) in [6.07, 6.45) is 32.7. The van der Waals surface area contributed by atoms with Crippen LogP contribution in [0.25, 0.3) is 5.57 Å². The van der Waals surface area contributed by atoms with Gasteiger partial charge < -0.3 is 54.3 Å². The van der Waals surface area contributed by atoms with Gasteiger partial charge in [0, 0.05) is 197 Å². The number of fused-ring (bicyclic) bond motifs is 1. The molecule has 125 heavy (non-hydrogen) atoms. The van der Waals surface area contributed by atoms with Gasteiger partial charge >= 0.3 is 0 Å². The normalized spacial score (nSPS) is 21.3. The lowest BCUT2D eigenvalue weighted by atomic mass is 9.94. The number of nitrogens with zero attached hydrogens (tertiary/aromatic N) is 21. The van der Waals surface area contributed by atoms with E-state index in [9.17, 15) is 0 Å². The van der Waals surface area contributed by atoms with Crippen molar-refractivity contribution in [2.24, 2.45) is 11.8 Å².